The van der Waals surface area contributed by atoms with Crippen molar-refractivity contribution in [2.24, 2.45) is 0 Å². The zero-order valence-electron chi connectivity index (χ0n) is 8.23. The first-order chi connectivity index (χ1) is 7.33. The van der Waals surface area contributed by atoms with Crippen LogP contribution in [0, 0.1) is 11.3 Å². The molecule has 1 aromatic rings. The fourth-order valence-electron chi connectivity index (χ4n) is 0.933. The first kappa shape index (κ1) is 11.7. The predicted molar refractivity (Wildman–Crippen MR) is 58.1 cm³/mol. The Labute approximate surface area is 92.6 Å². The van der Waals surface area contributed by atoms with Crippen molar-refractivity contribution < 1.29 is 9.21 Å². The molecule has 1 aromatic heterocycles. The Morgan fingerprint density at radius 1 is 1.67 bits per heavy atom. The van der Waals surface area contributed by atoms with E-state index in [0.29, 0.717) is 24.5 Å². The molecule has 0 unspecified atom stereocenters. The standard InChI is InChI=1S/C10H12N2O2S/c11-4-2-6-15-8-10(13)12-7-9-3-1-5-14-9/h1,3,5H,2,6-8H2,(H,12,13). The van der Waals surface area contributed by atoms with Gasteiger partial charge < -0.3 is 9.73 Å². The molecule has 0 aliphatic heterocycles. The van der Waals surface area contributed by atoms with E-state index >= 15 is 0 Å². The van der Waals surface area contributed by atoms with E-state index in [1.807, 2.05) is 12.1 Å². The molecule has 1 heterocycles. The smallest absolute Gasteiger partial charge is 0.230 e. The van der Waals surface area contributed by atoms with E-state index in [4.69, 9.17) is 9.68 Å². The quantitative estimate of drug-likeness (QED) is 0.744. The van der Waals surface area contributed by atoms with Crippen LogP contribution >= 0.6 is 11.8 Å². The lowest BCUT2D eigenvalue weighted by Gasteiger charge is -2.01. The fraction of sp³-hybridized carbons (Fsp3) is 0.400. The van der Waals surface area contributed by atoms with Crippen molar-refractivity contribution in [2.45, 2.75) is 13.0 Å². The maximum Gasteiger partial charge on any atom is 0.230 e. The minimum absolute atomic E-state index is 0.0330. The Kier molecular flexibility index (Phi) is 5.41. The molecule has 1 rings (SSSR count). The van der Waals surface area contributed by atoms with Crippen LogP contribution in [-0.2, 0) is 11.3 Å². The molecule has 0 aliphatic carbocycles. The van der Waals surface area contributed by atoms with Crippen LogP contribution in [-0.4, -0.2) is 17.4 Å². The van der Waals surface area contributed by atoms with Gasteiger partial charge in [0.1, 0.15) is 5.76 Å². The molecular formula is C10H12N2O2S. The highest BCUT2D eigenvalue weighted by Gasteiger charge is 2.02. The lowest BCUT2D eigenvalue weighted by molar-refractivity contribution is -0.118. The van der Waals surface area contributed by atoms with Gasteiger partial charge in [-0.3, -0.25) is 4.79 Å². The number of hydrogen-bond donors (Lipinski definition) is 1. The van der Waals surface area contributed by atoms with Gasteiger partial charge in [0.25, 0.3) is 0 Å². The Morgan fingerprint density at radius 2 is 2.53 bits per heavy atom. The second-order valence-corrected chi connectivity index (χ2v) is 3.92. The van der Waals surface area contributed by atoms with Crippen molar-refractivity contribution in [3.8, 4) is 6.07 Å². The van der Waals surface area contributed by atoms with Gasteiger partial charge in [-0.25, -0.2) is 0 Å². The van der Waals surface area contributed by atoms with Crippen molar-refractivity contribution in [2.75, 3.05) is 11.5 Å². The van der Waals surface area contributed by atoms with Crippen LogP contribution < -0.4 is 5.32 Å². The van der Waals surface area contributed by atoms with Crippen LogP contribution in [0.5, 0.6) is 0 Å². The molecule has 5 heteroatoms. The molecular weight excluding hydrogens is 212 g/mol. The minimum Gasteiger partial charge on any atom is -0.467 e. The second kappa shape index (κ2) is 6.96. The molecule has 0 bridgehead atoms. The summed E-state index contributed by atoms with van der Waals surface area (Å²) in [4.78, 5) is 11.2. The maximum atomic E-state index is 11.2. The number of nitriles is 1. The van der Waals surface area contributed by atoms with Crippen molar-refractivity contribution in [1.82, 2.24) is 5.32 Å². The normalized spacial score (nSPS) is 9.53. The Hall–Kier alpha value is -1.41. The third-order valence-corrected chi connectivity index (χ3v) is 2.59. The predicted octanol–water partition coefficient (Wildman–Crippen LogP) is 1.54. The summed E-state index contributed by atoms with van der Waals surface area (Å²) in [7, 11) is 0. The topological polar surface area (TPSA) is 66.0 Å². The first-order valence-electron chi connectivity index (χ1n) is 4.56. The molecule has 1 amide bonds. The number of carbonyl (C=O) groups is 1. The van der Waals surface area contributed by atoms with Crippen LogP contribution in [0.3, 0.4) is 0 Å². The summed E-state index contributed by atoms with van der Waals surface area (Å²) >= 11 is 1.46. The molecule has 0 spiro atoms. The fourth-order valence-corrected chi connectivity index (χ4v) is 1.60. The molecule has 4 nitrogen and oxygen atoms in total. The highest BCUT2D eigenvalue weighted by molar-refractivity contribution is 7.99. The monoisotopic (exact) mass is 224 g/mol. The Bertz CT molecular complexity index is 330. The summed E-state index contributed by atoms with van der Waals surface area (Å²) in [6.45, 7) is 0.421. The van der Waals surface area contributed by atoms with Crippen molar-refractivity contribution in [3.05, 3.63) is 24.2 Å². The van der Waals surface area contributed by atoms with E-state index in [-0.39, 0.29) is 5.91 Å². The SMILES string of the molecule is N#CCCSCC(=O)NCc1ccco1. The van der Waals surface area contributed by atoms with E-state index in [1.54, 1.807) is 12.3 Å². The number of nitrogens with one attached hydrogen (secondary N) is 1. The molecule has 80 valence electrons. The van der Waals surface area contributed by atoms with Crippen molar-refractivity contribution in [1.29, 1.82) is 5.26 Å². The number of rotatable bonds is 6. The third-order valence-electron chi connectivity index (χ3n) is 1.63. The zero-order chi connectivity index (χ0) is 10.9. The number of thioether (sulfide) groups is 1. The number of hydrogen-bond acceptors (Lipinski definition) is 4. The van der Waals surface area contributed by atoms with E-state index in [0.717, 1.165) is 5.76 Å². The summed E-state index contributed by atoms with van der Waals surface area (Å²) in [5, 5.41) is 11.0. The minimum atomic E-state index is -0.0330. The van der Waals surface area contributed by atoms with Crippen molar-refractivity contribution in [3.63, 3.8) is 0 Å². The number of furan rings is 1. The van der Waals surface area contributed by atoms with E-state index in [9.17, 15) is 4.79 Å². The van der Waals surface area contributed by atoms with Crippen LogP contribution in [0.4, 0.5) is 0 Å². The second-order valence-electron chi connectivity index (χ2n) is 2.82. The van der Waals surface area contributed by atoms with E-state index in [2.05, 4.69) is 5.32 Å². The Balaban J connectivity index is 2.07. The number of nitrogens with zero attached hydrogens (tertiary/aromatic N) is 1. The summed E-state index contributed by atoms with van der Waals surface area (Å²) < 4.78 is 5.06. The van der Waals surface area contributed by atoms with E-state index < -0.39 is 0 Å². The van der Waals surface area contributed by atoms with E-state index in [1.165, 1.54) is 11.8 Å². The average molecular weight is 224 g/mol. The van der Waals surface area contributed by atoms with Gasteiger partial charge in [0.05, 0.1) is 24.6 Å². The first-order valence-corrected chi connectivity index (χ1v) is 5.72. The molecule has 0 saturated carbocycles. The van der Waals surface area contributed by atoms with Gasteiger partial charge in [0.2, 0.25) is 5.91 Å². The van der Waals surface area contributed by atoms with Gasteiger partial charge >= 0.3 is 0 Å². The molecule has 15 heavy (non-hydrogen) atoms. The van der Waals surface area contributed by atoms with Gasteiger partial charge in [0, 0.05) is 12.2 Å². The third kappa shape index (κ3) is 5.13. The maximum absolute atomic E-state index is 11.2. The summed E-state index contributed by atoms with van der Waals surface area (Å²) in [6, 6.07) is 5.62. The molecule has 0 fully saturated rings. The molecule has 0 atom stereocenters. The van der Waals surface area contributed by atoms with Crippen LogP contribution in [0.25, 0.3) is 0 Å². The van der Waals surface area contributed by atoms with Gasteiger partial charge in [0.15, 0.2) is 0 Å². The number of amides is 1. The molecule has 0 saturated heterocycles. The Morgan fingerprint density at radius 3 is 3.20 bits per heavy atom. The van der Waals surface area contributed by atoms with Gasteiger partial charge in [-0.05, 0) is 12.1 Å². The highest BCUT2D eigenvalue weighted by atomic mass is 32.2. The molecule has 0 radical (unpaired) electrons. The van der Waals surface area contributed by atoms with Gasteiger partial charge in [-0.1, -0.05) is 0 Å². The van der Waals surface area contributed by atoms with Crippen LogP contribution in [0.1, 0.15) is 12.2 Å². The lowest BCUT2D eigenvalue weighted by Crippen LogP contribution is -2.24. The summed E-state index contributed by atoms with van der Waals surface area (Å²) in [5.41, 5.74) is 0. The van der Waals surface area contributed by atoms with Crippen molar-refractivity contribution >= 4 is 17.7 Å². The highest BCUT2D eigenvalue weighted by Crippen LogP contribution is 2.02. The molecule has 0 aromatic carbocycles. The van der Waals surface area contributed by atoms with Gasteiger partial charge in [-0.15, -0.1) is 0 Å². The zero-order valence-corrected chi connectivity index (χ0v) is 9.05. The van der Waals surface area contributed by atoms with Crippen LogP contribution in [0.15, 0.2) is 22.8 Å². The largest absolute Gasteiger partial charge is 0.467 e. The summed E-state index contributed by atoms with van der Waals surface area (Å²) in [5.74, 6) is 1.80. The van der Waals surface area contributed by atoms with Gasteiger partial charge in [-0.2, -0.15) is 17.0 Å². The number of carbonyl (C=O) groups excluding carboxylic acids is 1. The molecule has 0 aliphatic rings. The van der Waals surface area contributed by atoms with Crippen LogP contribution in [0.2, 0.25) is 0 Å². The average Bonchev–Trinajstić information content (AvgIpc) is 2.74. The lowest BCUT2D eigenvalue weighted by atomic mass is 10.4. The summed E-state index contributed by atoms with van der Waals surface area (Å²) in [6.07, 6.45) is 2.05. The molecule has 1 N–H and O–H groups in total.